The van der Waals surface area contributed by atoms with Gasteiger partial charge in [-0.3, -0.25) is 4.79 Å². The second-order valence-corrected chi connectivity index (χ2v) is 7.07. The van der Waals surface area contributed by atoms with E-state index in [1.807, 2.05) is 24.3 Å². The lowest BCUT2D eigenvalue weighted by atomic mass is 10.1. The molecule has 3 rings (SSSR count). The van der Waals surface area contributed by atoms with Crippen LogP contribution in [0.3, 0.4) is 0 Å². The minimum atomic E-state index is 0.157. The molecule has 0 spiro atoms. The number of benzene rings is 1. The Labute approximate surface area is 131 Å². The van der Waals surface area contributed by atoms with Crippen molar-refractivity contribution in [1.29, 1.82) is 0 Å². The second-order valence-electron chi connectivity index (χ2n) is 6.64. The van der Waals surface area contributed by atoms with Gasteiger partial charge in [0.15, 0.2) is 0 Å². The average Bonchev–Trinajstić information content (AvgIpc) is 3.11. The molecule has 2 aliphatic rings. The molecule has 1 N–H and O–H groups in total. The van der Waals surface area contributed by atoms with E-state index in [2.05, 4.69) is 24.3 Å². The van der Waals surface area contributed by atoms with E-state index in [0.717, 1.165) is 24.3 Å². The summed E-state index contributed by atoms with van der Waals surface area (Å²) in [6, 6.07) is 8.86. The van der Waals surface area contributed by atoms with Gasteiger partial charge >= 0.3 is 0 Å². The third-order valence-corrected chi connectivity index (χ3v) is 5.16. The maximum absolute atomic E-state index is 12.3. The molecule has 0 bridgehead atoms. The van der Waals surface area contributed by atoms with Crippen LogP contribution in [0.4, 0.5) is 0 Å². The first kappa shape index (κ1) is 14.9. The number of amides is 1. The number of nitrogens with zero attached hydrogens (tertiary/aromatic N) is 1. The zero-order valence-electron chi connectivity index (χ0n) is 12.7. The summed E-state index contributed by atoms with van der Waals surface area (Å²) in [4.78, 5) is 14.6. The van der Waals surface area contributed by atoms with Crippen LogP contribution in [-0.4, -0.2) is 37.0 Å². The predicted molar refractivity (Wildman–Crippen MR) is 85.6 cm³/mol. The van der Waals surface area contributed by atoms with E-state index >= 15 is 0 Å². The first-order valence-electron chi connectivity index (χ1n) is 7.77. The van der Waals surface area contributed by atoms with Crippen molar-refractivity contribution in [1.82, 2.24) is 10.2 Å². The molecule has 2 fully saturated rings. The summed E-state index contributed by atoms with van der Waals surface area (Å²) in [6.07, 6.45) is 4.34. The van der Waals surface area contributed by atoms with Gasteiger partial charge in [0.1, 0.15) is 0 Å². The Bertz CT molecular complexity index is 514. The fourth-order valence-corrected chi connectivity index (χ4v) is 3.56. The molecule has 0 unspecified atom stereocenters. The van der Waals surface area contributed by atoms with E-state index in [1.54, 1.807) is 0 Å². The number of rotatable bonds is 4. The van der Waals surface area contributed by atoms with E-state index in [9.17, 15) is 4.79 Å². The lowest BCUT2D eigenvalue weighted by Gasteiger charge is -2.19. The molecule has 0 radical (unpaired) electrons. The van der Waals surface area contributed by atoms with Gasteiger partial charge in [-0.15, -0.1) is 0 Å². The van der Waals surface area contributed by atoms with E-state index in [0.29, 0.717) is 18.0 Å². The van der Waals surface area contributed by atoms with Gasteiger partial charge in [0.25, 0.3) is 0 Å². The van der Waals surface area contributed by atoms with Crippen molar-refractivity contribution in [2.75, 3.05) is 14.1 Å². The summed E-state index contributed by atoms with van der Waals surface area (Å²) < 4.78 is 0. The monoisotopic (exact) mass is 306 g/mol. The van der Waals surface area contributed by atoms with Gasteiger partial charge in [0.2, 0.25) is 5.91 Å². The lowest BCUT2D eigenvalue weighted by Crippen LogP contribution is -2.36. The van der Waals surface area contributed by atoms with Gasteiger partial charge < -0.3 is 10.2 Å². The molecular formula is C17H23ClN2O. The van der Waals surface area contributed by atoms with E-state index in [-0.39, 0.29) is 11.8 Å². The summed E-state index contributed by atoms with van der Waals surface area (Å²) in [5, 5.41) is 4.00. The Kier molecular flexibility index (Phi) is 4.23. The van der Waals surface area contributed by atoms with Crippen LogP contribution in [0.15, 0.2) is 24.3 Å². The van der Waals surface area contributed by atoms with E-state index < -0.39 is 0 Å². The minimum Gasteiger partial charge on any atom is -0.353 e. The van der Waals surface area contributed by atoms with Crippen molar-refractivity contribution in [3.05, 3.63) is 34.9 Å². The highest BCUT2D eigenvalue weighted by Gasteiger charge is 2.44. The van der Waals surface area contributed by atoms with Crippen molar-refractivity contribution >= 4 is 17.5 Å². The molecule has 1 amide bonds. The molecule has 4 heteroatoms. The zero-order chi connectivity index (χ0) is 15.0. The number of carbonyl (C=O) groups excluding carboxylic acids is 1. The summed E-state index contributed by atoms with van der Waals surface area (Å²) in [6.45, 7) is 0. The Morgan fingerprint density at radius 2 is 1.90 bits per heavy atom. The van der Waals surface area contributed by atoms with Crippen LogP contribution in [0, 0.1) is 5.92 Å². The molecule has 2 aliphatic carbocycles. The smallest absolute Gasteiger partial charge is 0.223 e. The quantitative estimate of drug-likeness (QED) is 0.927. The van der Waals surface area contributed by atoms with Gasteiger partial charge in [-0.2, -0.15) is 0 Å². The van der Waals surface area contributed by atoms with Crippen molar-refractivity contribution < 1.29 is 4.79 Å². The molecule has 0 saturated heterocycles. The lowest BCUT2D eigenvalue weighted by molar-refractivity contribution is -0.123. The Morgan fingerprint density at radius 3 is 2.52 bits per heavy atom. The molecule has 0 heterocycles. The molecule has 0 aromatic heterocycles. The number of carbonyl (C=O) groups is 1. The number of hydrogen-bond acceptors (Lipinski definition) is 2. The first-order valence-corrected chi connectivity index (χ1v) is 8.14. The molecule has 114 valence electrons. The van der Waals surface area contributed by atoms with E-state index in [1.165, 1.54) is 12.0 Å². The topological polar surface area (TPSA) is 32.3 Å². The minimum absolute atomic E-state index is 0.157. The third-order valence-electron chi connectivity index (χ3n) is 4.91. The molecule has 1 aromatic carbocycles. The Hall–Kier alpha value is -1.06. The highest BCUT2D eigenvalue weighted by Crippen LogP contribution is 2.47. The Morgan fingerprint density at radius 1 is 1.19 bits per heavy atom. The standard InChI is InChI=1S/C17H23ClN2O/c1-20(2)14-8-7-13(9-14)19-17(21)16-10-15(16)11-3-5-12(18)6-4-11/h3-6,13-16H,7-10H2,1-2H3,(H,19,21)/t13-,14+,15+,16-/m1/s1. The fraction of sp³-hybridized carbons (Fsp3) is 0.588. The molecule has 0 aliphatic heterocycles. The Balaban J connectivity index is 1.51. The number of hydrogen-bond donors (Lipinski definition) is 1. The van der Waals surface area contributed by atoms with Gasteiger partial charge in [0.05, 0.1) is 0 Å². The molecule has 4 atom stereocenters. The number of halogens is 1. The summed E-state index contributed by atoms with van der Waals surface area (Å²) in [7, 11) is 4.23. The number of nitrogens with one attached hydrogen (secondary N) is 1. The van der Waals surface area contributed by atoms with Crippen LogP contribution in [0.25, 0.3) is 0 Å². The predicted octanol–water partition coefficient (Wildman–Crippen LogP) is 3.04. The van der Waals surface area contributed by atoms with Crippen molar-refractivity contribution in [2.45, 2.75) is 43.7 Å². The molecule has 21 heavy (non-hydrogen) atoms. The average molecular weight is 307 g/mol. The third kappa shape index (κ3) is 3.41. The SMILES string of the molecule is CN(C)[C@H]1CC[C@@H](NC(=O)[C@@H]2C[C@H]2c2ccc(Cl)cc2)C1. The molecular weight excluding hydrogens is 284 g/mol. The largest absolute Gasteiger partial charge is 0.353 e. The molecule has 3 nitrogen and oxygen atoms in total. The van der Waals surface area contributed by atoms with Crippen molar-refractivity contribution in [2.24, 2.45) is 5.92 Å². The van der Waals surface area contributed by atoms with Crippen molar-refractivity contribution in [3.8, 4) is 0 Å². The summed E-state index contributed by atoms with van der Waals surface area (Å²) in [5.41, 5.74) is 1.23. The first-order chi connectivity index (χ1) is 10.0. The fourth-order valence-electron chi connectivity index (χ4n) is 3.43. The van der Waals surface area contributed by atoms with Gasteiger partial charge in [-0.05, 0) is 63.4 Å². The van der Waals surface area contributed by atoms with Crippen LogP contribution in [0.5, 0.6) is 0 Å². The second kappa shape index (κ2) is 5.98. The van der Waals surface area contributed by atoms with Crippen LogP contribution in [0.2, 0.25) is 5.02 Å². The van der Waals surface area contributed by atoms with Crippen molar-refractivity contribution in [3.63, 3.8) is 0 Å². The summed E-state index contributed by atoms with van der Waals surface area (Å²) in [5.74, 6) is 0.775. The summed E-state index contributed by atoms with van der Waals surface area (Å²) >= 11 is 5.90. The molecule has 1 aromatic rings. The molecule has 2 saturated carbocycles. The van der Waals surface area contributed by atoms with Crippen LogP contribution < -0.4 is 5.32 Å². The zero-order valence-corrected chi connectivity index (χ0v) is 13.4. The van der Waals surface area contributed by atoms with Crippen LogP contribution in [-0.2, 0) is 4.79 Å². The maximum atomic E-state index is 12.3. The van der Waals surface area contributed by atoms with Crippen LogP contribution >= 0.6 is 11.6 Å². The van der Waals surface area contributed by atoms with Gasteiger partial charge in [-0.25, -0.2) is 0 Å². The maximum Gasteiger partial charge on any atom is 0.223 e. The van der Waals surface area contributed by atoms with Gasteiger partial charge in [-0.1, -0.05) is 23.7 Å². The van der Waals surface area contributed by atoms with Gasteiger partial charge in [0, 0.05) is 23.0 Å². The van der Waals surface area contributed by atoms with E-state index in [4.69, 9.17) is 11.6 Å². The normalized spacial score (nSPS) is 31.4. The highest BCUT2D eigenvalue weighted by atomic mass is 35.5. The highest BCUT2D eigenvalue weighted by molar-refractivity contribution is 6.30. The van der Waals surface area contributed by atoms with Crippen LogP contribution in [0.1, 0.15) is 37.2 Å².